The molecule has 2 N–H and O–H groups in total. The van der Waals surface area contributed by atoms with Crippen LogP contribution in [0, 0.1) is 17.1 Å². The number of benzene rings is 1. The number of primary amides is 1. The van der Waals surface area contributed by atoms with Crippen LogP contribution in [0.4, 0.5) is 24.7 Å². The van der Waals surface area contributed by atoms with Gasteiger partial charge in [-0.25, -0.2) is 23.1 Å². The van der Waals surface area contributed by atoms with Gasteiger partial charge < -0.3 is 15.2 Å². The van der Waals surface area contributed by atoms with E-state index in [0.29, 0.717) is 5.52 Å². The van der Waals surface area contributed by atoms with E-state index >= 15 is 0 Å². The van der Waals surface area contributed by atoms with Crippen molar-refractivity contribution in [2.75, 3.05) is 11.9 Å². The Labute approximate surface area is 157 Å². The molecule has 2 heterocycles. The number of imidazole rings is 1. The molecule has 0 aliphatic rings. The van der Waals surface area contributed by atoms with Crippen molar-refractivity contribution < 1.29 is 18.0 Å². The Bertz CT molecular complexity index is 1120. The van der Waals surface area contributed by atoms with E-state index in [0.717, 1.165) is 6.07 Å². The van der Waals surface area contributed by atoms with Crippen molar-refractivity contribution in [2.45, 2.75) is 12.8 Å². The van der Waals surface area contributed by atoms with Gasteiger partial charge in [-0.05, 0) is 17.7 Å². The van der Waals surface area contributed by atoms with Crippen molar-refractivity contribution in [3.8, 4) is 6.07 Å². The Hall–Kier alpha value is -3.61. The van der Waals surface area contributed by atoms with E-state index in [4.69, 9.17) is 11.0 Å². The van der Waals surface area contributed by atoms with Gasteiger partial charge in [-0.15, -0.1) is 0 Å². The molecule has 0 aliphatic carbocycles. The predicted octanol–water partition coefficient (Wildman–Crippen LogP) is 2.65. The van der Waals surface area contributed by atoms with Crippen LogP contribution in [0.15, 0.2) is 24.5 Å². The maximum atomic E-state index is 14.7. The van der Waals surface area contributed by atoms with Gasteiger partial charge in [-0.3, -0.25) is 4.79 Å². The van der Waals surface area contributed by atoms with Crippen LogP contribution in [0.2, 0.25) is 0 Å². The molecule has 1 amide bonds. The summed E-state index contributed by atoms with van der Waals surface area (Å²) in [6.07, 6.45) is -2.02. The summed E-state index contributed by atoms with van der Waals surface area (Å²) < 4.78 is 42.3. The number of hydrogen-bond donors (Lipinski definition) is 1. The first-order chi connectivity index (χ1) is 13.2. The predicted molar refractivity (Wildman–Crippen MR) is 95.9 cm³/mol. The third kappa shape index (κ3) is 3.34. The number of halogens is 3. The zero-order valence-electron chi connectivity index (χ0n) is 14.9. The fraction of sp³-hybridized carbons (Fsp3) is 0.222. The number of anilines is 2. The Kier molecular flexibility index (Phi) is 4.92. The lowest BCUT2D eigenvalue weighted by molar-refractivity contribution is 0.0997. The zero-order chi connectivity index (χ0) is 20.6. The van der Waals surface area contributed by atoms with Crippen molar-refractivity contribution >= 4 is 28.4 Å². The maximum Gasteiger partial charge on any atom is 0.269 e. The zero-order valence-corrected chi connectivity index (χ0v) is 14.9. The summed E-state index contributed by atoms with van der Waals surface area (Å²) in [6, 6.07) is 5.45. The third-order valence-corrected chi connectivity index (χ3v) is 4.26. The van der Waals surface area contributed by atoms with Crippen LogP contribution in [0.25, 0.3) is 11.0 Å². The first kappa shape index (κ1) is 19.2. The second kappa shape index (κ2) is 7.19. The number of nitrogens with zero attached hydrogens (tertiary/aromatic N) is 5. The normalized spacial score (nSPS) is 11.0. The average Bonchev–Trinajstić information content (AvgIpc) is 3.00. The van der Waals surface area contributed by atoms with Crippen LogP contribution in [-0.2, 0) is 13.5 Å². The molecular formula is C18H15F3N6O. The van der Waals surface area contributed by atoms with Crippen LogP contribution in [0.1, 0.15) is 21.6 Å². The molecule has 3 rings (SSSR count). The van der Waals surface area contributed by atoms with Gasteiger partial charge >= 0.3 is 0 Å². The maximum absolute atomic E-state index is 14.7. The van der Waals surface area contributed by atoms with E-state index in [-0.39, 0.29) is 33.8 Å². The average molecular weight is 388 g/mol. The fourth-order valence-electron chi connectivity index (χ4n) is 2.99. The summed E-state index contributed by atoms with van der Waals surface area (Å²) in [4.78, 5) is 21.3. The topological polar surface area (TPSA) is 101 Å². The summed E-state index contributed by atoms with van der Waals surface area (Å²) in [5.74, 6) is -1.57. The largest absolute Gasteiger partial charge is 0.364 e. The number of carbonyl (C=O) groups excluding carboxylic acids is 1. The Morgan fingerprint density at radius 3 is 2.71 bits per heavy atom. The number of pyridine rings is 1. The SMILES string of the molecule is CN(c1cc2c(ncn2C)c(C(N)=O)n1)c1c(F)cc(C#N)cc1CC(F)F. The number of carbonyl (C=O) groups is 1. The van der Waals surface area contributed by atoms with E-state index < -0.39 is 24.6 Å². The van der Waals surface area contributed by atoms with Gasteiger partial charge in [0.15, 0.2) is 5.69 Å². The molecule has 144 valence electrons. The number of fused-ring (bicyclic) bond motifs is 1. The first-order valence-electron chi connectivity index (χ1n) is 8.09. The van der Waals surface area contributed by atoms with Crippen LogP contribution >= 0.6 is 0 Å². The molecule has 0 saturated heterocycles. The van der Waals surface area contributed by atoms with E-state index in [1.165, 1.54) is 24.3 Å². The number of rotatable bonds is 5. The second-order valence-corrected chi connectivity index (χ2v) is 6.15. The van der Waals surface area contributed by atoms with Crippen molar-refractivity contribution in [3.63, 3.8) is 0 Å². The number of aryl methyl sites for hydroxylation is 1. The highest BCUT2D eigenvalue weighted by atomic mass is 19.3. The van der Waals surface area contributed by atoms with Crippen LogP contribution in [0.3, 0.4) is 0 Å². The van der Waals surface area contributed by atoms with Gasteiger partial charge in [0.25, 0.3) is 5.91 Å². The minimum absolute atomic E-state index is 0.0541. The molecule has 10 heteroatoms. The number of amides is 1. The molecule has 2 aromatic heterocycles. The number of hydrogen-bond acceptors (Lipinski definition) is 5. The van der Waals surface area contributed by atoms with Crippen LogP contribution < -0.4 is 10.6 Å². The minimum Gasteiger partial charge on any atom is -0.364 e. The molecule has 1 aromatic carbocycles. The molecule has 28 heavy (non-hydrogen) atoms. The molecule has 0 saturated carbocycles. The van der Waals surface area contributed by atoms with Crippen molar-refractivity contribution in [1.82, 2.24) is 14.5 Å². The standard InChI is InChI=1S/C18H15F3N6O/c1-26-8-24-15-12(26)6-14(25-16(15)18(23)28)27(2)17-10(5-13(20)21)3-9(7-22)4-11(17)19/h3-4,6,8,13H,5H2,1-2H3,(H2,23,28). The van der Waals surface area contributed by atoms with Crippen molar-refractivity contribution in [2.24, 2.45) is 12.8 Å². The lowest BCUT2D eigenvalue weighted by Crippen LogP contribution is -2.20. The Morgan fingerprint density at radius 1 is 1.39 bits per heavy atom. The molecule has 3 aromatic rings. The molecule has 0 radical (unpaired) electrons. The summed E-state index contributed by atoms with van der Waals surface area (Å²) in [5.41, 5.74) is 5.76. The molecule has 0 bridgehead atoms. The molecule has 0 fully saturated rings. The van der Waals surface area contributed by atoms with E-state index in [1.54, 1.807) is 23.8 Å². The van der Waals surface area contributed by atoms with E-state index in [9.17, 15) is 18.0 Å². The van der Waals surface area contributed by atoms with Gasteiger partial charge in [-0.1, -0.05) is 0 Å². The minimum atomic E-state index is -2.74. The van der Waals surface area contributed by atoms with E-state index in [2.05, 4.69) is 9.97 Å². The Balaban J connectivity index is 2.22. The highest BCUT2D eigenvalue weighted by Crippen LogP contribution is 2.33. The summed E-state index contributed by atoms with van der Waals surface area (Å²) in [6.45, 7) is 0. The van der Waals surface area contributed by atoms with Crippen LogP contribution in [-0.4, -0.2) is 33.9 Å². The third-order valence-electron chi connectivity index (χ3n) is 4.26. The monoisotopic (exact) mass is 388 g/mol. The van der Waals surface area contributed by atoms with E-state index in [1.807, 2.05) is 0 Å². The number of alkyl halides is 2. The van der Waals surface area contributed by atoms with Gasteiger partial charge in [-0.2, -0.15) is 5.26 Å². The smallest absolute Gasteiger partial charge is 0.269 e. The Morgan fingerprint density at radius 2 is 2.11 bits per heavy atom. The summed E-state index contributed by atoms with van der Waals surface area (Å²) in [5, 5.41) is 9.00. The summed E-state index contributed by atoms with van der Waals surface area (Å²) in [7, 11) is 3.11. The quantitative estimate of drug-likeness (QED) is 0.724. The molecule has 0 unspecified atom stereocenters. The van der Waals surface area contributed by atoms with Crippen LogP contribution in [0.5, 0.6) is 0 Å². The van der Waals surface area contributed by atoms with Crippen molar-refractivity contribution in [3.05, 3.63) is 47.2 Å². The summed E-state index contributed by atoms with van der Waals surface area (Å²) >= 11 is 0. The number of nitrogens with two attached hydrogens (primary N) is 1. The highest BCUT2D eigenvalue weighted by Gasteiger charge is 2.22. The number of aromatic nitrogens is 3. The van der Waals surface area contributed by atoms with Gasteiger partial charge in [0, 0.05) is 26.6 Å². The van der Waals surface area contributed by atoms with Gasteiger partial charge in [0.2, 0.25) is 6.43 Å². The molecule has 7 nitrogen and oxygen atoms in total. The first-order valence-corrected chi connectivity index (χ1v) is 8.09. The van der Waals surface area contributed by atoms with Gasteiger partial charge in [0.1, 0.15) is 17.2 Å². The highest BCUT2D eigenvalue weighted by molar-refractivity contribution is 6.03. The molecular weight excluding hydrogens is 373 g/mol. The molecule has 0 spiro atoms. The molecule has 0 aliphatic heterocycles. The van der Waals surface area contributed by atoms with Crippen molar-refractivity contribution in [1.29, 1.82) is 5.26 Å². The lowest BCUT2D eigenvalue weighted by Gasteiger charge is -2.23. The second-order valence-electron chi connectivity index (χ2n) is 6.15. The molecule has 0 atom stereocenters. The lowest BCUT2D eigenvalue weighted by atomic mass is 10.0. The number of nitriles is 1. The fourth-order valence-corrected chi connectivity index (χ4v) is 2.99. The van der Waals surface area contributed by atoms with Gasteiger partial charge in [0.05, 0.1) is 29.2 Å².